The average Bonchev–Trinajstić information content (AvgIpc) is 3.13. The molecule has 0 atom stereocenters. The summed E-state index contributed by atoms with van der Waals surface area (Å²) in [5.41, 5.74) is 3.46. The molecule has 1 N–H and O–H groups in total. The van der Waals surface area contributed by atoms with Gasteiger partial charge in [0, 0.05) is 0 Å². The highest BCUT2D eigenvalue weighted by Crippen LogP contribution is 2.38. The van der Waals surface area contributed by atoms with Gasteiger partial charge in [-0.1, -0.05) is 30.3 Å². The zero-order valence-electron chi connectivity index (χ0n) is 19.2. The van der Waals surface area contributed by atoms with Crippen LogP contribution in [0.5, 0.6) is 11.5 Å². The van der Waals surface area contributed by atoms with Crippen LogP contribution in [0, 0.1) is 0 Å². The Balaban J connectivity index is 1.60. The first kappa shape index (κ1) is 24.2. The Hall–Kier alpha value is -3.91. The fraction of sp³-hybridized carbons (Fsp3) is 0.148. The first-order valence-corrected chi connectivity index (χ1v) is 11.7. The lowest BCUT2D eigenvalue weighted by atomic mass is 10.1. The summed E-state index contributed by atoms with van der Waals surface area (Å²) in [5.74, 6) is -0.209. The molecule has 1 heterocycles. The van der Waals surface area contributed by atoms with E-state index in [9.17, 15) is 14.7 Å². The second-order valence-electron chi connectivity index (χ2n) is 7.75. The van der Waals surface area contributed by atoms with Gasteiger partial charge in [0.05, 0.1) is 33.6 Å². The molecule has 178 valence electrons. The molecule has 0 saturated carbocycles. The van der Waals surface area contributed by atoms with Crippen LogP contribution >= 0.6 is 15.9 Å². The number of amides is 1. The maximum atomic E-state index is 13.1. The summed E-state index contributed by atoms with van der Waals surface area (Å²) in [6.45, 7) is 4.25. The molecule has 0 fully saturated rings. The lowest BCUT2D eigenvalue weighted by molar-refractivity contribution is -0.114. The van der Waals surface area contributed by atoms with Gasteiger partial charge in [-0.2, -0.15) is 10.1 Å². The van der Waals surface area contributed by atoms with Crippen LogP contribution in [0.3, 0.4) is 0 Å². The first-order valence-electron chi connectivity index (χ1n) is 11.0. The second-order valence-corrected chi connectivity index (χ2v) is 8.61. The molecule has 3 aromatic carbocycles. The van der Waals surface area contributed by atoms with Crippen LogP contribution in [-0.4, -0.2) is 29.3 Å². The highest BCUT2D eigenvalue weighted by molar-refractivity contribution is 9.10. The van der Waals surface area contributed by atoms with Crippen molar-refractivity contribution in [1.82, 2.24) is 0 Å². The molecule has 35 heavy (non-hydrogen) atoms. The normalized spacial score (nSPS) is 14.3. The number of carboxylic acid groups (broad SMARTS) is 1. The van der Waals surface area contributed by atoms with E-state index in [0.29, 0.717) is 39.6 Å². The second kappa shape index (κ2) is 10.6. The highest BCUT2D eigenvalue weighted by atomic mass is 79.9. The SMILES string of the molecule is CCOc1cc(/C=C2/C(=O)N(c3ccccc3)N=C2C)cc(Br)c1OCc1cccc(C(=O)O)c1. The van der Waals surface area contributed by atoms with Crippen LogP contribution in [0.1, 0.15) is 35.3 Å². The third-order valence-corrected chi connectivity index (χ3v) is 5.85. The third kappa shape index (κ3) is 5.44. The van der Waals surface area contributed by atoms with Crippen molar-refractivity contribution in [2.45, 2.75) is 20.5 Å². The summed E-state index contributed by atoms with van der Waals surface area (Å²) >= 11 is 3.55. The monoisotopic (exact) mass is 534 g/mol. The number of hydrogen-bond acceptors (Lipinski definition) is 5. The maximum absolute atomic E-state index is 13.1. The standard InChI is InChI=1S/C27H23BrN2O5/c1-3-34-24-15-19(13-22-17(2)29-30(26(22)31)21-10-5-4-6-11-21)14-23(28)25(24)35-16-18-8-7-9-20(12-18)27(32)33/h4-15H,3,16H2,1-2H3,(H,32,33)/b22-13+. The number of ether oxygens (including phenoxy) is 2. The number of aromatic carboxylic acids is 1. The van der Waals surface area contributed by atoms with Gasteiger partial charge in [0.15, 0.2) is 11.5 Å². The Morgan fingerprint density at radius 3 is 2.57 bits per heavy atom. The van der Waals surface area contributed by atoms with Gasteiger partial charge in [0.1, 0.15) is 6.61 Å². The predicted molar refractivity (Wildman–Crippen MR) is 138 cm³/mol. The van der Waals surface area contributed by atoms with Gasteiger partial charge in [-0.3, -0.25) is 4.79 Å². The van der Waals surface area contributed by atoms with Crippen LogP contribution in [0.4, 0.5) is 5.69 Å². The molecular formula is C27H23BrN2O5. The van der Waals surface area contributed by atoms with E-state index in [0.717, 1.165) is 11.1 Å². The van der Waals surface area contributed by atoms with Gasteiger partial charge >= 0.3 is 5.97 Å². The number of carbonyl (C=O) groups is 2. The molecule has 1 aliphatic heterocycles. The van der Waals surface area contributed by atoms with Crippen molar-refractivity contribution in [2.24, 2.45) is 5.10 Å². The van der Waals surface area contributed by atoms with Crippen molar-refractivity contribution < 1.29 is 24.2 Å². The summed E-state index contributed by atoms with van der Waals surface area (Å²) in [7, 11) is 0. The molecule has 0 saturated heterocycles. The number of halogens is 1. The first-order chi connectivity index (χ1) is 16.9. The Morgan fingerprint density at radius 2 is 1.86 bits per heavy atom. The van der Waals surface area contributed by atoms with Gasteiger partial charge in [-0.05, 0) is 83.4 Å². The third-order valence-electron chi connectivity index (χ3n) is 5.26. The minimum absolute atomic E-state index is 0.163. The number of benzene rings is 3. The molecule has 8 heteroatoms. The number of rotatable bonds is 8. The molecule has 0 radical (unpaired) electrons. The minimum Gasteiger partial charge on any atom is -0.490 e. The summed E-state index contributed by atoms with van der Waals surface area (Å²) in [6.07, 6.45) is 1.78. The number of para-hydroxylation sites is 1. The summed E-state index contributed by atoms with van der Waals surface area (Å²) in [4.78, 5) is 24.3. The molecule has 4 rings (SSSR count). The van der Waals surface area contributed by atoms with Crippen molar-refractivity contribution in [3.63, 3.8) is 0 Å². The number of hydrogen-bond donors (Lipinski definition) is 1. The number of carboxylic acids is 1. The molecule has 1 amide bonds. The van der Waals surface area contributed by atoms with Gasteiger partial charge in [-0.25, -0.2) is 4.79 Å². The summed E-state index contributed by atoms with van der Waals surface area (Å²) < 4.78 is 12.5. The predicted octanol–water partition coefficient (Wildman–Crippen LogP) is 5.93. The van der Waals surface area contributed by atoms with E-state index in [-0.39, 0.29) is 18.1 Å². The molecule has 0 bridgehead atoms. The maximum Gasteiger partial charge on any atom is 0.335 e. The van der Waals surface area contributed by atoms with E-state index in [1.807, 2.05) is 43.3 Å². The fourth-order valence-electron chi connectivity index (χ4n) is 3.62. The van der Waals surface area contributed by atoms with E-state index in [4.69, 9.17) is 9.47 Å². The molecule has 3 aromatic rings. The lowest BCUT2D eigenvalue weighted by Gasteiger charge is -2.15. The van der Waals surface area contributed by atoms with Crippen molar-refractivity contribution in [1.29, 1.82) is 0 Å². The Morgan fingerprint density at radius 1 is 1.09 bits per heavy atom. The molecule has 0 spiro atoms. The largest absolute Gasteiger partial charge is 0.490 e. The molecule has 7 nitrogen and oxygen atoms in total. The van der Waals surface area contributed by atoms with Gasteiger partial charge < -0.3 is 14.6 Å². The molecule has 0 aromatic heterocycles. The number of hydrazone groups is 1. The molecule has 0 unspecified atom stereocenters. The van der Waals surface area contributed by atoms with Crippen LogP contribution in [-0.2, 0) is 11.4 Å². The smallest absolute Gasteiger partial charge is 0.335 e. The Bertz CT molecular complexity index is 1330. The average molecular weight is 535 g/mol. The number of nitrogens with zero attached hydrogens (tertiary/aromatic N) is 2. The lowest BCUT2D eigenvalue weighted by Crippen LogP contribution is -2.21. The van der Waals surface area contributed by atoms with Crippen LogP contribution in [0.25, 0.3) is 6.08 Å². The van der Waals surface area contributed by atoms with E-state index in [1.54, 1.807) is 37.3 Å². The van der Waals surface area contributed by atoms with Crippen molar-refractivity contribution >= 4 is 45.3 Å². The fourth-order valence-corrected chi connectivity index (χ4v) is 4.19. The van der Waals surface area contributed by atoms with Crippen LogP contribution in [0.15, 0.2) is 81.9 Å². The zero-order chi connectivity index (χ0) is 24.9. The van der Waals surface area contributed by atoms with E-state index < -0.39 is 5.97 Å². The number of anilines is 1. The minimum atomic E-state index is -0.994. The molecular weight excluding hydrogens is 512 g/mol. The van der Waals surface area contributed by atoms with Gasteiger partial charge in [0.2, 0.25) is 0 Å². The van der Waals surface area contributed by atoms with Crippen molar-refractivity contribution in [3.8, 4) is 11.5 Å². The zero-order valence-corrected chi connectivity index (χ0v) is 20.8. The summed E-state index contributed by atoms with van der Waals surface area (Å²) in [6, 6.07) is 19.5. The van der Waals surface area contributed by atoms with E-state index >= 15 is 0 Å². The summed E-state index contributed by atoms with van der Waals surface area (Å²) in [5, 5.41) is 15.0. The topological polar surface area (TPSA) is 88.4 Å². The molecule has 0 aliphatic carbocycles. The van der Waals surface area contributed by atoms with Crippen LogP contribution in [0.2, 0.25) is 0 Å². The van der Waals surface area contributed by atoms with Gasteiger partial charge in [0.25, 0.3) is 5.91 Å². The Kier molecular flexibility index (Phi) is 7.31. The van der Waals surface area contributed by atoms with Crippen LogP contribution < -0.4 is 14.5 Å². The van der Waals surface area contributed by atoms with Crippen molar-refractivity contribution in [3.05, 3.63) is 93.5 Å². The van der Waals surface area contributed by atoms with Crippen molar-refractivity contribution in [2.75, 3.05) is 11.6 Å². The number of carbonyl (C=O) groups excluding carboxylic acids is 1. The highest BCUT2D eigenvalue weighted by Gasteiger charge is 2.28. The van der Waals surface area contributed by atoms with E-state index in [1.165, 1.54) is 11.1 Å². The quantitative estimate of drug-likeness (QED) is 0.361. The van der Waals surface area contributed by atoms with Gasteiger partial charge in [-0.15, -0.1) is 0 Å². The molecule has 1 aliphatic rings. The van der Waals surface area contributed by atoms with E-state index in [2.05, 4.69) is 21.0 Å². The Labute approximate surface area is 211 Å².